The van der Waals surface area contributed by atoms with E-state index in [1.165, 1.54) is 5.56 Å². The molecule has 122 valence electrons. The van der Waals surface area contributed by atoms with Crippen LogP contribution in [0.3, 0.4) is 0 Å². The van der Waals surface area contributed by atoms with Crippen LogP contribution in [0.5, 0.6) is 17.2 Å². The fraction of sp³-hybridized carbons (Fsp3) is 0.368. The molecule has 0 fully saturated rings. The van der Waals surface area contributed by atoms with Gasteiger partial charge in [0, 0.05) is 12.5 Å². The fourth-order valence-corrected chi connectivity index (χ4v) is 3.02. The van der Waals surface area contributed by atoms with Crippen molar-refractivity contribution in [2.45, 2.75) is 25.2 Å². The monoisotopic (exact) mass is 314 g/mol. The molecule has 2 N–H and O–H groups in total. The van der Waals surface area contributed by atoms with Crippen molar-refractivity contribution in [3.63, 3.8) is 0 Å². The van der Waals surface area contributed by atoms with Crippen LogP contribution in [0.25, 0.3) is 0 Å². The molecule has 0 aromatic heterocycles. The zero-order valence-corrected chi connectivity index (χ0v) is 13.3. The standard InChI is InChI=1S/C19H22O4/c1-22-17-6-4-13(5-7-17)16-9-15-10-18(21)14(3-2-8-20)11-19(15)23-12-16/h4-7,10-11,16,20-21H,2-3,8-9,12H2,1H3. The van der Waals surface area contributed by atoms with Crippen LogP contribution in [-0.4, -0.2) is 30.5 Å². The Bertz CT molecular complexity index is 664. The van der Waals surface area contributed by atoms with Gasteiger partial charge in [-0.3, -0.25) is 0 Å². The van der Waals surface area contributed by atoms with E-state index in [4.69, 9.17) is 14.6 Å². The van der Waals surface area contributed by atoms with E-state index in [0.29, 0.717) is 19.4 Å². The number of hydrogen-bond acceptors (Lipinski definition) is 4. The van der Waals surface area contributed by atoms with E-state index in [0.717, 1.165) is 29.0 Å². The van der Waals surface area contributed by atoms with Crippen LogP contribution in [0.1, 0.15) is 29.0 Å². The van der Waals surface area contributed by atoms with E-state index in [-0.39, 0.29) is 18.3 Å². The van der Waals surface area contributed by atoms with Gasteiger partial charge >= 0.3 is 0 Å². The van der Waals surface area contributed by atoms with Gasteiger partial charge in [0.15, 0.2) is 0 Å². The van der Waals surface area contributed by atoms with Gasteiger partial charge in [0.05, 0.1) is 13.7 Å². The van der Waals surface area contributed by atoms with Gasteiger partial charge in [-0.15, -0.1) is 0 Å². The fourth-order valence-electron chi connectivity index (χ4n) is 3.02. The second-order valence-corrected chi connectivity index (χ2v) is 5.90. The Morgan fingerprint density at radius 2 is 2.00 bits per heavy atom. The number of hydrogen-bond donors (Lipinski definition) is 2. The molecule has 2 aromatic carbocycles. The summed E-state index contributed by atoms with van der Waals surface area (Å²) in [7, 11) is 1.66. The molecule has 0 aliphatic carbocycles. The Kier molecular flexibility index (Phi) is 4.72. The Morgan fingerprint density at radius 1 is 1.22 bits per heavy atom. The molecule has 0 radical (unpaired) electrons. The minimum atomic E-state index is 0.122. The summed E-state index contributed by atoms with van der Waals surface area (Å²) in [5.41, 5.74) is 3.07. The Morgan fingerprint density at radius 3 is 2.70 bits per heavy atom. The van der Waals surface area contributed by atoms with Crippen LogP contribution >= 0.6 is 0 Å². The van der Waals surface area contributed by atoms with E-state index in [9.17, 15) is 5.11 Å². The van der Waals surface area contributed by atoms with Gasteiger partial charge in [-0.1, -0.05) is 12.1 Å². The number of rotatable bonds is 5. The number of ether oxygens (including phenoxy) is 2. The van der Waals surface area contributed by atoms with Crippen molar-refractivity contribution in [1.82, 2.24) is 0 Å². The maximum absolute atomic E-state index is 10.2. The molecule has 0 saturated carbocycles. The summed E-state index contributed by atoms with van der Waals surface area (Å²) in [6.07, 6.45) is 2.14. The normalized spacial score (nSPS) is 16.5. The predicted molar refractivity (Wildman–Crippen MR) is 88.4 cm³/mol. The minimum absolute atomic E-state index is 0.122. The molecule has 4 heteroatoms. The number of aromatic hydroxyl groups is 1. The second kappa shape index (κ2) is 6.92. The van der Waals surface area contributed by atoms with Crippen molar-refractivity contribution < 1.29 is 19.7 Å². The molecule has 23 heavy (non-hydrogen) atoms. The molecule has 1 atom stereocenters. The van der Waals surface area contributed by atoms with Gasteiger partial charge in [-0.05, 0) is 60.2 Å². The second-order valence-electron chi connectivity index (χ2n) is 5.90. The number of phenols is 1. The predicted octanol–water partition coefficient (Wildman–Crippen LogP) is 3.04. The smallest absolute Gasteiger partial charge is 0.123 e. The highest BCUT2D eigenvalue weighted by Crippen LogP contribution is 2.37. The van der Waals surface area contributed by atoms with Crippen LogP contribution in [0, 0.1) is 0 Å². The molecule has 2 aromatic rings. The van der Waals surface area contributed by atoms with E-state index in [1.54, 1.807) is 13.2 Å². The topological polar surface area (TPSA) is 58.9 Å². The lowest BCUT2D eigenvalue weighted by Crippen LogP contribution is -2.19. The van der Waals surface area contributed by atoms with Crippen LogP contribution in [0.2, 0.25) is 0 Å². The highest BCUT2D eigenvalue weighted by molar-refractivity contribution is 5.48. The number of fused-ring (bicyclic) bond motifs is 1. The summed E-state index contributed by atoms with van der Waals surface area (Å²) in [4.78, 5) is 0. The average Bonchev–Trinajstić information content (AvgIpc) is 2.59. The van der Waals surface area contributed by atoms with Gasteiger partial charge in [-0.25, -0.2) is 0 Å². The van der Waals surface area contributed by atoms with Crippen LogP contribution < -0.4 is 9.47 Å². The van der Waals surface area contributed by atoms with Crippen LogP contribution in [0.4, 0.5) is 0 Å². The van der Waals surface area contributed by atoms with Crippen molar-refractivity contribution in [3.05, 3.63) is 53.1 Å². The molecule has 1 aliphatic heterocycles. The molecular formula is C19H22O4. The summed E-state index contributed by atoms with van der Waals surface area (Å²) in [6, 6.07) is 11.8. The first-order valence-corrected chi connectivity index (χ1v) is 7.93. The van der Waals surface area contributed by atoms with Crippen molar-refractivity contribution in [3.8, 4) is 17.2 Å². The molecule has 0 spiro atoms. The maximum Gasteiger partial charge on any atom is 0.123 e. The number of phenolic OH excluding ortho intramolecular Hbond substituents is 1. The molecule has 1 unspecified atom stereocenters. The number of benzene rings is 2. The zero-order chi connectivity index (χ0) is 16.2. The van der Waals surface area contributed by atoms with Crippen molar-refractivity contribution in [1.29, 1.82) is 0 Å². The average molecular weight is 314 g/mol. The minimum Gasteiger partial charge on any atom is -0.508 e. The number of methoxy groups -OCH3 is 1. The molecule has 1 aliphatic rings. The van der Waals surface area contributed by atoms with Gasteiger partial charge in [0.25, 0.3) is 0 Å². The summed E-state index contributed by atoms with van der Waals surface area (Å²) in [5, 5.41) is 19.1. The first kappa shape index (κ1) is 15.7. The molecular weight excluding hydrogens is 292 g/mol. The first-order valence-electron chi connectivity index (χ1n) is 7.93. The number of aryl methyl sites for hydroxylation is 1. The van der Waals surface area contributed by atoms with Crippen LogP contribution in [-0.2, 0) is 12.8 Å². The Labute approximate surface area is 136 Å². The van der Waals surface area contributed by atoms with Gasteiger partial charge in [-0.2, -0.15) is 0 Å². The first-order chi connectivity index (χ1) is 11.2. The van der Waals surface area contributed by atoms with Crippen molar-refractivity contribution in [2.24, 2.45) is 0 Å². The SMILES string of the molecule is COc1ccc(C2COc3cc(CCCO)c(O)cc3C2)cc1. The lowest BCUT2D eigenvalue weighted by molar-refractivity contribution is 0.261. The number of aliphatic hydroxyl groups excluding tert-OH is 1. The molecule has 3 rings (SSSR count). The summed E-state index contributed by atoms with van der Waals surface area (Å²) < 4.78 is 11.1. The third-order valence-corrected chi connectivity index (χ3v) is 4.36. The molecule has 4 nitrogen and oxygen atoms in total. The Balaban J connectivity index is 1.78. The largest absolute Gasteiger partial charge is 0.508 e. The van der Waals surface area contributed by atoms with Gasteiger partial charge < -0.3 is 19.7 Å². The zero-order valence-electron chi connectivity index (χ0n) is 13.3. The maximum atomic E-state index is 10.2. The highest BCUT2D eigenvalue weighted by Gasteiger charge is 2.23. The summed E-state index contributed by atoms with van der Waals surface area (Å²) >= 11 is 0. The van der Waals surface area contributed by atoms with Crippen molar-refractivity contribution >= 4 is 0 Å². The van der Waals surface area contributed by atoms with E-state index in [1.807, 2.05) is 18.2 Å². The summed E-state index contributed by atoms with van der Waals surface area (Å²) in [5.74, 6) is 2.25. The van der Waals surface area contributed by atoms with E-state index in [2.05, 4.69) is 12.1 Å². The lowest BCUT2D eigenvalue weighted by Gasteiger charge is -2.26. The lowest BCUT2D eigenvalue weighted by atomic mass is 9.89. The summed E-state index contributed by atoms with van der Waals surface area (Å²) in [6.45, 7) is 0.750. The molecule has 1 heterocycles. The highest BCUT2D eigenvalue weighted by atomic mass is 16.5. The van der Waals surface area contributed by atoms with Gasteiger partial charge in [0.2, 0.25) is 0 Å². The van der Waals surface area contributed by atoms with E-state index < -0.39 is 0 Å². The van der Waals surface area contributed by atoms with Gasteiger partial charge in [0.1, 0.15) is 17.2 Å². The van der Waals surface area contributed by atoms with E-state index >= 15 is 0 Å². The third kappa shape index (κ3) is 3.42. The van der Waals surface area contributed by atoms with Crippen molar-refractivity contribution in [2.75, 3.05) is 20.3 Å². The number of aliphatic hydroxyl groups is 1. The quantitative estimate of drug-likeness (QED) is 0.890. The molecule has 0 bridgehead atoms. The third-order valence-electron chi connectivity index (χ3n) is 4.36. The van der Waals surface area contributed by atoms with Crippen LogP contribution in [0.15, 0.2) is 36.4 Å². The molecule has 0 amide bonds. The molecule has 0 saturated heterocycles. The Hall–Kier alpha value is -2.20.